The van der Waals surface area contributed by atoms with E-state index in [0.717, 1.165) is 47.9 Å². The van der Waals surface area contributed by atoms with Crippen LogP contribution in [-0.2, 0) is 6.54 Å². The maximum atomic E-state index is 9.86. The summed E-state index contributed by atoms with van der Waals surface area (Å²) < 4.78 is 11.8. The Morgan fingerprint density at radius 1 is 1.15 bits per heavy atom. The molecule has 0 spiro atoms. The second-order valence-electron chi connectivity index (χ2n) is 7.00. The lowest BCUT2D eigenvalue weighted by Gasteiger charge is -2.29. The third kappa shape index (κ3) is 4.38. The van der Waals surface area contributed by atoms with E-state index < -0.39 is 0 Å². The molecule has 0 unspecified atom stereocenters. The lowest BCUT2D eigenvalue weighted by molar-refractivity contribution is 0.0660. The number of aliphatic hydroxyl groups excluding tert-OH is 1. The molecular formula is C22H24N2O3. The Hall–Kier alpha value is -2.63. The van der Waals surface area contributed by atoms with Crippen LogP contribution in [0.25, 0.3) is 11.5 Å². The molecule has 0 amide bonds. The van der Waals surface area contributed by atoms with Crippen LogP contribution in [-0.4, -0.2) is 34.2 Å². The number of aliphatic hydroxyl groups is 1. The van der Waals surface area contributed by atoms with Crippen LogP contribution >= 0.6 is 0 Å². The number of aryl methyl sites for hydroxylation is 1. The number of para-hydroxylation sites is 1. The zero-order valence-corrected chi connectivity index (χ0v) is 15.5. The van der Waals surface area contributed by atoms with E-state index in [1.165, 1.54) is 0 Å². The summed E-state index contributed by atoms with van der Waals surface area (Å²) in [5.74, 6) is 2.95. The van der Waals surface area contributed by atoms with E-state index in [4.69, 9.17) is 14.1 Å². The summed E-state index contributed by atoms with van der Waals surface area (Å²) in [6.45, 7) is 4.32. The van der Waals surface area contributed by atoms with Gasteiger partial charge in [0, 0.05) is 18.7 Å². The molecule has 0 bridgehead atoms. The molecule has 3 aromatic rings. The van der Waals surface area contributed by atoms with Gasteiger partial charge in [-0.3, -0.25) is 4.90 Å². The maximum Gasteiger partial charge on any atom is 0.226 e. The normalized spacial score (nSPS) is 17.8. The van der Waals surface area contributed by atoms with Crippen molar-refractivity contribution in [3.63, 3.8) is 0 Å². The van der Waals surface area contributed by atoms with Gasteiger partial charge in [0.05, 0.1) is 11.8 Å². The van der Waals surface area contributed by atoms with Gasteiger partial charge in [0.15, 0.2) is 0 Å². The van der Waals surface area contributed by atoms with Crippen molar-refractivity contribution < 1.29 is 14.3 Å². The molecule has 27 heavy (non-hydrogen) atoms. The highest BCUT2D eigenvalue weighted by atomic mass is 16.5. The Balaban J connectivity index is 1.51. The first kappa shape index (κ1) is 17.8. The highest BCUT2D eigenvalue weighted by molar-refractivity contribution is 5.57. The van der Waals surface area contributed by atoms with Crippen molar-refractivity contribution in [1.82, 2.24) is 9.88 Å². The Kier molecular flexibility index (Phi) is 5.23. The first-order chi connectivity index (χ1) is 13.2. The van der Waals surface area contributed by atoms with E-state index in [0.29, 0.717) is 19.0 Å². The number of β-amino-alcohol motifs (C(OH)–C–C–N with tert-alkyl or cyclic N) is 1. The van der Waals surface area contributed by atoms with E-state index in [9.17, 15) is 5.11 Å². The van der Waals surface area contributed by atoms with Crippen LogP contribution in [0.3, 0.4) is 0 Å². The van der Waals surface area contributed by atoms with Crippen molar-refractivity contribution in [3.05, 3.63) is 66.1 Å². The molecule has 1 fully saturated rings. The van der Waals surface area contributed by atoms with E-state index in [1.54, 1.807) is 0 Å². The molecule has 5 nitrogen and oxygen atoms in total. The minimum Gasteiger partial charge on any atom is -0.457 e. The number of likely N-dealkylation sites (tertiary alicyclic amines) is 1. The number of piperidine rings is 1. The summed E-state index contributed by atoms with van der Waals surface area (Å²) in [6, 6.07) is 17.5. The van der Waals surface area contributed by atoms with Crippen molar-refractivity contribution in [2.45, 2.75) is 32.4 Å². The van der Waals surface area contributed by atoms with Crippen LogP contribution in [0.2, 0.25) is 0 Å². The number of nitrogens with zero attached hydrogens (tertiary/aromatic N) is 2. The summed E-state index contributed by atoms with van der Waals surface area (Å²) in [5.41, 5.74) is 1.81. The minimum absolute atomic E-state index is 0.239. The molecule has 1 N–H and O–H groups in total. The Labute approximate surface area is 159 Å². The number of aromatic nitrogens is 1. The second-order valence-corrected chi connectivity index (χ2v) is 7.00. The van der Waals surface area contributed by atoms with Crippen molar-refractivity contribution in [3.8, 4) is 23.0 Å². The zero-order valence-electron chi connectivity index (χ0n) is 15.5. The first-order valence-corrected chi connectivity index (χ1v) is 9.37. The number of rotatable bonds is 5. The van der Waals surface area contributed by atoms with Gasteiger partial charge >= 0.3 is 0 Å². The van der Waals surface area contributed by atoms with Crippen molar-refractivity contribution in [2.75, 3.05) is 13.1 Å². The molecule has 0 aliphatic carbocycles. The van der Waals surface area contributed by atoms with Gasteiger partial charge < -0.3 is 14.3 Å². The molecule has 140 valence electrons. The maximum absolute atomic E-state index is 9.86. The smallest absolute Gasteiger partial charge is 0.226 e. The number of benzene rings is 2. The predicted octanol–water partition coefficient (Wildman–Crippen LogP) is 4.40. The average Bonchev–Trinajstić information content (AvgIpc) is 3.03. The van der Waals surface area contributed by atoms with Crippen LogP contribution in [0.15, 0.2) is 59.0 Å². The number of hydrogen-bond acceptors (Lipinski definition) is 5. The van der Waals surface area contributed by atoms with E-state index in [-0.39, 0.29) is 6.10 Å². The van der Waals surface area contributed by atoms with Crippen LogP contribution in [0.4, 0.5) is 0 Å². The first-order valence-electron chi connectivity index (χ1n) is 9.37. The predicted molar refractivity (Wildman–Crippen MR) is 104 cm³/mol. The minimum atomic E-state index is -0.239. The molecule has 1 atom stereocenters. The van der Waals surface area contributed by atoms with Gasteiger partial charge in [-0.1, -0.05) is 24.3 Å². The third-order valence-corrected chi connectivity index (χ3v) is 4.81. The Morgan fingerprint density at radius 3 is 2.78 bits per heavy atom. The highest BCUT2D eigenvalue weighted by Crippen LogP contribution is 2.28. The van der Waals surface area contributed by atoms with Gasteiger partial charge in [0.25, 0.3) is 0 Å². The summed E-state index contributed by atoms with van der Waals surface area (Å²) in [5, 5.41) is 9.86. The lowest BCUT2D eigenvalue weighted by Crippen LogP contribution is -2.37. The average molecular weight is 364 g/mol. The third-order valence-electron chi connectivity index (χ3n) is 4.81. The van der Waals surface area contributed by atoms with E-state index >= 15 is 0 Å². The van der Waals surface area contributed by atoms with Gasteiger partial charge in [0.2, 0.25) is 5.89 Å². The molecule has 1 saturated heterocycles. The summed E-state index contributed by atoms with van der Waals surface area (Å²) in [4.78, 5) is 6.94. The Morgan fingerprint density at radius 2 is 1.96 bits per heavy atom. The summed E-state index contributed by atoms with van der Waals surface area (Å²) in [7, 11) is 0. The molecule has 1 aromatic heterocycles. The molecule has 2 aromatic carbocycles. The van der Waals surface area contributed by atoms with Crippen molar-refractivity contribution in [2.24, 2.45) is 0 Å². The quantitative estimate of drug-likeness (QED) is 0.727. The molecule has 0 saturated carbocycles. The molecule has 1 aliphatic heterocycles. The number of hydrogen-bond donors (Lipinski definition) is 1. The van der Waals surface area contributed by atoms with Crippen molar-refractivity contribution >= 4 is 0 Å². The van der Waals surface area contributed by atoms with Gasteiger partial charge in [-0.25, -0.2) is 4.98 Å². The lowest BCUT2D eigenvalue weighted by atomic mass is 10.1. The van der Waals surface area contributed by atoms with Crippen LogP contribution in [0.5, 0.6) is 11.5 Å². The van der Waals surface area contributed by atoms with Crippen molar-refractivity contribution in [1.29, 1.82) is 0 Å². The van der Waals surface area contributed by atoms with Gasteiger partial charge in [-0.2, -0.15) is 0 Å². The molecule has 4 rings (SSSR count). The number of ether oxygens (including phenoxy) is 1. The largest absolute Gasteiger partial charge is 0.457 e. The van der Waals surface area contributed by atoms with Crippen LogP contribution in [0, 0.1) is 6.92 Å². The Bertz CT molecular complexity index is 892. The fraction of sp³-hybridized carbons (Fsp3) is 0.318. The summed E-state index contributed by atoms with van der Waals surface area (Å²) in [6.07, 6.45) is 1.66. The second kappa shape index (κ2) is 7.94. The molecule has 5 heteroatoms. The van der Waals surface area contributed by atoms with Gasteiger partial charge in [0.1, 0.15) is 17.3 Å². The van der Waals surface area contributed by atoms with Gasteiger partial charge in [-0.15, -0.1) is 0 Å². The van der Waals surface area contributed by atoms with E-state index in [2.05, 4.69) is 4.90 Å². The fourth-order valence-corrected chi connectivity index (χ4v) is 3.40. The fourth-order valence-electron chi connectivity index (χ4n) is 3.40. The highest BCUT2D eigenvalue weighted by Gasteiger charge is 2.20. The molecule has 1 aliphatic rings. The number of oxazole rings is 1. The van der Waals surface area contributed by atoms with Gasteiger partial charge in [-0.05, 0) is 56.6 Å². The van der Waals surface area contributed by atoms with E-state index in [1.807, 2.05) is 61.5 Å². The zero-order chi connectivity index (χ0) is 18.6. The molecular weight excluding hydrogens is 340 g/mol. The van der Waals surface area contributed by atoms with Crippen LogP contribution in [0.1, 0.15) is 24.3 Å². The molecule has 2 heterocycles. The SMILES string of the molecule is Cc1oc(-c2cccc(Oc3ccccc3)c2)nc1CN1CCC[C@@H](O)C1. The monoisotopic (exact) mass is 364 g/mol. The topological polar surface area (TPSA) is 58.7 Å². The summed E-state index contributed by atoms with van der Waals surface area (Å²) >= 11 is 0. The standard InChI is InChI=1S/C22H24N2O3/c1-16-21(15-24-12-6-8-18(25)14-24)23-22(26-16)17-7-5-11-20(13-17)27-19-9-3-2-4-10-19/h2-5,7,9-11,13,18,25H,6,8,12,14-15H2,1H3/t18-/m1/s1. The molecule has 0 radical (unpaired) electrons. The van der Waals surface area contributed by atoms with Crippen LogP contribution < -0.4 is 4.74 Å².